The summed E-state index contributed by atoms with van der Waals surface area (Å²) < 4.78 is 0. The first kappa shape index (κ1) is 23.5. The van der Waals surface area contributed by atoms with Crippen LogP contribution < -0.4 is 11.1 Å². The molecule has 7 N–H and O–H groups in total. The largest absolute Gasteiger partial charge is 0.508 e. The molecule has 34 heavy (non-hydrogen) atoms. The lowest BCUT2D eigenvalue weighted by molar-refractivity contribution is -0.153. The number of carbonyl (C=O) groups is 4. The summed E-state index contributed by atoms with van der Waals surface area (Å²) in [6.45, 7) is 1.24. The van der Waals surface area contributed by atoms with E-state index in [9.17, 15) is 39.6 Å². The van der Waals surface area contributed by atoms with Crippen LogP contribution in [0.5, 0.6) is 5.75 Å². The molecule has 11 heteroatoms. The molecule has 0 heterocycles. The number of phenolic OH excluding ortho intramolecular Hbond substituents is 1. The number of Topliss-reactive ketones (excluding diaryl/α,β-unsaturated/α-hetero) is 2. The van der Waals surface area contributed by atoms with Crippen LogP contribution in [0.3, 0.4) is 0 Å². The number of carbonyl (C=O) groups excluding carboxylic acids is 4. The predicted octanol–water partition coefficient (Wildman–Crippen LogP) is -0.0776. The average molecular weight is 471 g/mol. The summed E-state index contributed by atoms with van der Waals surface area (Å²) in [6, 6.07) is 1.93. The third-order valence-corrected chi connectivity index (χ3v) is 6.90. The maximum absolute atomic E-state index is 13.7. The SMILES string of the molecule is CC(=O)Nc1ccc2c(c1O)C(O)=C1C(=O)[C@]3(O)C(O)=C(C(N)=O)C(=O)[C@H](N(C)C)[C@H]3C[C@@H]1C2. The Morgan fingerprint density at radius 2 is 1.82 bits per heavy atom. The molecule has 1 fully saturated rings. The van der Waals surface area contributed by atoms with E-state index < -0.39 is 69.7 Å². The molecule has 0 aliphatic heterocycles. The predicted molar refractivity (Wildman–Crippen MR) is 119 cm³/mol. The van der Waals surface area contributed by atoms with Crippen LogP contribution in [0.15, 0.2) is 29.0 Å². The summed E-state index contributed by atoms with van der Waals surface area (Å²) in [7, 11) is 3.07. The summed E-state index contributed by atoms with van der Waals surface area (Å²) in [6.07, 6.45) is 0.197. The summed E-state index contributed by atoms with van der Waals surface area (Å²) in [5.74, 6) is -7.62. The number of hydrogen-bond acceptors (Lipinski definition) is 9. The fraction of sp³-hybridized carbons (Fsp3) is 0.391. The summed E-state index contributed by atoms with van der Waals surface area (Å²) in [4.78, 5) is 51.5. The van der Waals surface area contributed by atoms with Crippen LogP contribution in [0.4, 0.5) is 5.69 Å². The Hall–Kier alpha value is -3.70. The zero-order chi connectivity index (χ0) is 25.3. The summed E-state index contributed by atoms with van der Waals surface area (Å²) in [5, 5.41) is 46.5. The first-order chi connectivity index (χ1) is 15.8. The average Bonchev–Trinajstić information content (AvgIpc) is 2.72. The summed E-state index contributed by atoms with van der Waals surface area (Å²) >= 11 is 0. The van der Waals surface area contributed by atoms with E-state index in [1.54, 1.807) is 6.07 Å². The number of anilines is 1. The second-order valence-electron chi connectivity index (χ2n) is 9.14. The van der Waals surface area contributed by atoms with E-state index in [2.05, 4.69) is 5.32 Å². The molecule has 1 saturated carbocycles. The number of aliphatic hydroxyl groups is 3. The molecule has 1 aromatic rings. The van der Waals surface area contributed by atoms with Crippen LogP contribution in [0.2, 0.25) is 0 Å². The number of hydrogen-bond donors (Lipinski definition) is 6. The van der Waals surface area contributed by atoms with E-state index in [4.69, 9.17) is 5.73 Å². The highest BCUT2D eigenvalue weighted by Gasteiger charge is 2.64. The number of phenols is 1. The molecule has 180 valence electrons. The molecule has 0 unspecified atom stereocenters. The van der Waals surface area contributed by atoms with Gasteiger partial charge in [0.1, 0.15) is 22.8 Å². The number of benzene rings is 1. The van der Waals surface area contributed by atoms with Crippen LogP contribution in [0.1, 0.15) is 24.5 Å². The number of amides is 2. The van der Waals surface area contributed by atoms with Gasteiger partial charge in [0, 0.05) is 18.4 Å². The number of rotatable bonds is 3. The van der Waals surface area contributed by atoms with Gasteiger partial charge in [0.25, 0.3) is 5.91 Å². The zero-order valence-electron chi connectivity index (χ0n) is 18.7. The maximum atomic E-state index is 13.7. The molecule has 4 atom stereocenters. The molecule has 0 saturated heterocycles. The molecular weight excluding hydrogens is 446 g/mol. The van der Waals surface area contributed by atoms with Crippen molar-refractivity contribution in [1.82, 2.24) is 4.90 Å². The maximum Gasteiger partial charge on any atom is 0.255 e. The van der Waals surface area contributed by atoms with Gasteiger partial charge < -0.3 is 31.5 Å². The monoisotopic (exact) mass is 471 g/mol. The van der Waals surface area contributed by atoms with Crippen molar-refractivity contribution < 1.29 is 39.6 Å². The van der Waals surface area contributed by atoms with E-state index >= 15 is 0 Å². The number of fused-ring (bicyclic) bond motifs is 3. The lowest BCUT2D eigenvalue weighted by Gasteiger charge is -2.50. The molecule has 1 aromatic carbocycles. The summed E-state index contributed by atoms with van der Waals surface area (Å²) in [5.41, 5.74) is 1.93. The van der Waals surface area contributed by atoms with Gasteiger partial charge in [0.15, 0.2) is 11.4 Å². The van der Waals surface area contributed by atoms with E-state index in [0.29, 0.717) is 5.56 Å². The van der Waals surface area contributed by atoms with Gasteiger partial charge in [-0.05, 0) is 44.5 Å². The number of nitrogens with two attached hydrogens (primary N) is 1. The Morgan fingerprint density at radius 3 is 2.38 bits per heavy atom. The van der Waals surface area contributed by atoms with Crippen LogP contribution in [0.25, 0.3) is 5.76 Å². The quantitative estimate of drug-likeness (QED) is 0.259. The zero-order valence-corrected chi connectivity index (χ0v) is 18.7. The third kappa shape index (κ3) is 3.04. The van der Waals surface area contributed by atoms with E-state index in [1.165, 1.54) is 32.0 Å². The molecule has 3 aliphatic carbocycles. The minimum atomic E-state index is -2.69. The normalized spacial score (nSPS) is 28.4. The van der Waals surface area contributed by atoms with Gasteiger partial charge in [-0.3, -0.25) is 24.1 Å². The van der Waals surface area contributed by atoms with Crippen molar-refractivity contribution >= 4 is 34.8 Å². The number of nitrogens with zero attached hydrogens (tertiary/aromatic N) is 1. The van der Waals surface area contributed by atoms with Crippen molar-refractivity contribution in [2.24, 2.45) is 17.6 Å². The van der Waals surface area contributed by atoms with Crippen molar-refractivity contribution in [3.63, 3.8) is 0 Å². The number of aromatic hydroxyl groups is 1. The number of ketones is 2. The van der Waals surface area contributed by atoms with Gasteiger partial charge in [0.2, 0.25) is 11.7 Å². The highest BCUT2D eigenvalue weighted by Crippen LogP contribution is 2.53. The molecule has 0 radical (unpaired) electrons. The van der Waals surface area contributed by atoms with Gasteiger partial charge in [-0.1, -0.05) is 6.07 Å². The van der Waals surface area contributed by atoms with Crippen molar-refractivity contribution in [3.8, 4) is 5.75 Å². The van der Waals surface area contributed by atoms with Crippen LogP contribution >= 0.6 is 0 Å². The number of primary amides is 1. The van der Waals surface area contributed by atoms with Crippen LogP contribution in [0, 0.1) is 11.8 Å². The van der Waals surface area contributed by atoms with Crippen molar-refractivity contribution in [1.29, 1.82) is 0 Å². The number of aliphatic hydroxyl groups excluding tert-OH is 2. The number of likely N-dealkylation sites (N-methyl/N-ethyl adjacent to an activating group) is 1. The van der Waals surface area contributed by atoms with Gasteiger partial charge in [-0.15, -0.1) is 0 Å². The smallest absolute Gasteiger partial charge is 0.255 e. The van der Waals surface area contributed by atoms with Crippen molar-refractivity contribution in [3.05, 3.63) is 40.2 Å². The van der Waals surface area contributed by atoms with Gasteiger partial charge >= 0.3 is 0 Å². The standard InChI is InChI=1S/C23H25N3O8/c1-8(27)25-12-5-4-9-6-10-7-11-16(26(2)3)19(30)15(22(24)33)21(32)23(11,34)20(31)14(10)18(29)13(9)17(12)28/h4-5,10-11,16,28-29,32,34H,6-7H2,1-3H3,(H2,24,33)(H,25,27)/t10-,11+,16+,23-/m0/s1. The second kappa shape index (κ2) is 7.67. The molecule has 4 rings (SSSR count). The highest BCUT2D eigenvalue weighted by atomic mass is 16.3. The van der Waals surface area contributed by atoms with Crippen LogP contribution in [-0.4, -0.2) is 74.4 Å². The first-order valence-electron chi connectivity index (χ1n) is 10.6. The lowest BCUT2D eigenvalue weighted by Crippen LogP contribution is -2.65. The van der Waals surface area contributed by atoms with Gasteiger partial charge in [0.05, 0.1) is 17.3 Å². The fourth-order valence-electron chi connectivity index (χ4n) is 5.51. The minimum absolute atomic E-state index is 0.0139. The molecule has 11 nitrogen and oxygen atoms in total. The Bertz CT molecular complexity index is 1230. The molecule has 3 aliphatic rings. The third-order valence-electron chi connectivity index (χ3n) is 6.90. The Labute approximate surface area is 194 Å². The molecular formula is C23H25N3O8. The fourth-order valence-corrected chi connectivity index (χ4v) is 5.51. The van der Waals surface area contributed by atoms with E-state index in [-0.39, 0.29) is 29.7 Å². The molecule has 0 bridgehead atoms. The number of nitrogens with one attached hydrogen (secondary N) is 1. The van der Waals surface area contributed by atoms with Crippen molar-refractivity contribution in [2.75, 3.05) is 19.4 Å². The Morgan fingerprint density at radius 1 is 1.18 bits per heavy atom. The Balaban J connectivity index is 1.94. The second-order valence-corrected chi connectivity index (χ2v) is 9.14. The van der Waals surface area contributed by atoms with E-state index in [0.717, 1.165) is 0 Å². The first-order valence-corrected chi connectivity index (χ1v) is 10.6. The highest BCUT2D eigenvalue weighted by molar-refractivity contribution is 6.24. The Kier molecular flexibility index (Phi) is 5.29. The molecule has 0 spiro atoms. The van der Waals surface area contributed by atoms with E-state index in [1.807, 2.05) is 0 Å². The van der Waals surface area contributed by atoms with Crippen LogP contribution in [-0.2, 0) is 25.6 Å². The lowest BCUT2D eigenvalue weighted by atomic mass is 9.57. The minimum Gasteiger partial charge on any atom is -0.508 e. The van der Waals surface area contributed by atoms with Gasteiger partial charge in [-0.2, -0.15) is 0 Å². The van der Waals surface area contributed by atoms with Crippen molar-refractivity contribution in [2.45, 2.75) is 31.4 Å². The topological polar surface area (TPSA) is 190 Å². The molecule has 2 amide bonds. The molecule has 0 aromatic heterocycles. The van der Waals surface area contributed by atoms with Gasteiger partial charge in [-0.25, -0.2) is 0 Å².